The lowest BCUT2D eigenvalue weighted by atomic mass is 9.71. The Morgan fingerprint density at radius 3 is 2.17 bits per heavy atom. The van der Waals surface area contributed by atoms with Gasteiger partial charge in [0, 0.05) is 6.04 Å². The molecule has 0 aromatic rings. The lowest BCUT2D eigenvalue weighted by Crippen LogP contribution is -2.49. The van der Waals surface area contributed by atoms with Crippen molar-refractivity contribution in [2.24, 2.45) is 5.41 Å². The van der Waals surface area contributed by atoms with E-state index in [-0.39, 0.29) is 5.60 Å². The average molecular weight is 251 g/mol. The fourth-order valence-electron chi connectivity index (χ4n) is 4.09. The van der Waals surface area contributed by atoms with E-state index in [0.717, 1.165) is 12.6 Å². The molecule has 0 amide bonds. The van der Waals surface area contributed by atoms with Crippen LogP contribution in [0.25, 0.3) is 0 Å². The van der Waals surface area contributed by atoms with Crippen LogP contribution in [0, 0.1) is 5.41 Å². The van der Waals surface area contributed by atoms with Gasteiger partial charge in [0.15, 0.2) is 0 Å². The van der Waals surface area contributed by atoms with Crippen molar-refractivity contribution >= 4 is 0 Å². The molecule has 0 unspecified atom stereocenters. The zero-order valence-corrected chi connectivity index (χ0v) is 12.2. The molecule has 104 valence electrons. The maximum atomic E-state index is 6.10. The van der Waals surface area contributed by atoms with Crippen LogP contribution >= 0.6 is 0 Å². The first-order chi connectivity index (χ1) is 8.59. The minimum Gasteiger partial charge on any atom is -0.375 e. The molecule has 18 heavy (non-hydrogen) atoms. The predicted octanol–water partition coefficient (Wildman–Crippen LogP) is 3.60. The number of hydrogen-bond donors (Lipinski definition) is 0. The van der Waals surface area contributed by atoms with Crippen LogP contribution in [-0.2, 0) is 4.74 Å². The first-order valence-corrected chi connectivity index (χ1v) is 7.97. The van der Waals surface area contributed by atoms with Crippen LogP contribution in [0.15, 0.2) is 0 Å². The van der Waals surface area contributed by atoms with E-state index in [4.69, 9.17) is 4.74 Å². The minimum atomic E-state index is 0.133. The van der Waals surface area contributed by atoms with Gasteiger partial charge in [0.1, 0.15) is 0 Å². The van der Waals surface area contributed by atoms with Crippen LogP contribution in [0.4, 0.5) is 0 Å². The maximum Gasteiger partial charge on any atom is 0.0627 e. The van der Waals surface area contributed by atoms with Crippen molar-refractivity contribution in [2.45, 2.75) is 76.9 Å². The van der Waals surface area contributed by atoms with Crippen LogP contribution in [0.5, 0.6) is 0 Å². The second-order valence-electron chi connectivity index (χ2n) is 7.52. The summed E-state index contributed by atoms with van der Waals surface area (Å²) in [5, 5.41) is 0. The molecule has 2 nitrogen and oxygen atoms in total. The quantitative estimate of drug-likeness (QED) is 0.706. The highest BCUT2D eigenvalue weighted by Crippen LogP contribution is 2.44. The van der Waals surface area contributed by atoms with Crippen molar-refractivity contribution in [3.63, 3.8) is 0 Å². The van der Waals surface area contributed by atoms with Gasteiger partial charge in [-0.2, -0.15) is 0 Å². The van der Waals surface area contributed by atoms with E-state index in [1.807, 2.05) is 0 Å². The van der Waals surface area contributed by atoms with Gasteiger partial charge in [0.05, 0.1) is 12.2 Å². The van der Waals surface area contributed by atoms with E-state index < -0.39 is 0 Å². The third-order valence-corrected chi connectivity index (χ3v) is 5.73. The second-order valence-corrected chi connectivity index (χ2v) is 7.52. The molecule has 0 atom stereocenters. The van der Waals surface area contributed by atoms with E-state index in [9.17, 15) is 0 Å². The Morgan fingerprint density at radius 1 is 0.944 bits per heavy atom. The summed E-state index contributed by atoms with van der Waals surface area (Å²) in [6.07, 6.45) is 11.2. The highest BCUT2D eigenvalue weighted by molar-refractivity contribution is 4.93. The number of rotatable bonds is 1. The lowest BCUT2D eigenvalue weighted by Gasteiger charge is -2.49. The fraction of sp³-hybridized carbons (Fsp3) is 1.00. The minimum absolute atomic E-state index is 0.133. The molecular weight excluding hydrogens is 222 g/mol. The van der Waals surface area contributed by atoms with E-state index in [0.29, 0.717) is 5.41 Å². The summed E-state index contributed by atoms with van der Waals surface area (Å²) in [5.74, 6) is 0. The summed E-state index contributed by atoms with van der Waals surface area (Å²) in [6.45, 7) is 8.16. The highest BCUT2D eigenvalue weighted by Gasteiger charge is 2.42. The Morgan fingerprint density at radius 2 is 1.61 bits per heavy atom. The largest absolute Gasteiger partial charge is 0.375 e. The summed E-state index contributed by atoms with van der Waals surface area (Å²) >= 11 is 0. The Bertz CT molecular complexity index is 273. The summed E-state index contributed by atoms with van der Waals surface area (Å²) in [6, 6.07) is 0.920. The van der Waals surface area contributed by atoms with Gasteiger partial charge in [0.25, 0.3) is 0 Å². The molecule has 0 radical (unpaired) electrons. The molecule has 2 aliphatic heterocycles. The maximum absolute atomic E-state index is 6.10. The summed E-state index contributed by atoms with van der Waals surface area (Å²) < 4.78 is 6.10. The number of piperidine rings is 1. The predicted molar refractivity (Wildman–Crippen MR) is 74.8 cm³/mol. The zero-order chi connectivity index (χ0) is 12.6. The molecule has 0 bridgehead atoms. The smallest absolute Gasteiger partial charge is 0.0627 e. The third-order valence-electron chi connectivity index (χ3n) is 5.73. The van der Waals surface area contributed by atoms with Gasteiger partial charge in [0.2, 0.25) is 0 Å². The van der Waals surface area contributed by atoms with Crippen LogP contribution in [-0.4, -0.2) is 36.2 Å². The Hall–Kier alpha value is -0.0800. The third kappa shape index (κ3) is 2.60. The normalized spacial score (nSPS) is 33.0. The molecule has 3 rings (SSSR count). The van der Waals surface area contributed by atoms with Gasteiger partial charge >= 0.3 is 0 Å². The van der Waals surface area contributed by atoms with Crippen molar-refractivity contribution in [2.75, 3.05) is 19.7 Å². The second kappa shape index (κ2) is 4.79. The van der Waals surface area contributed by atoms with Gasteiger partial charge < -0.3 is 9.64 Å². The molecular formula is C16H29NO. The molecule has 0 N–H and O–H groups in total. The van der Waals surface area contributed by atoms with Crippen molar-refractivity contribution in [1.82, 2.24) is 4.90 Å². The van der Waals surface area contributed by atoms with Crippen LogP contribution < -0.4 is 0 Å². The lowest BCUT2D eigenvalue weighted by molar-refractivity contribution is -0.131. The number of hydrogen-bond acceptors (Lipinski definition) is 2. The fourth-order valence-corrected chi connectivity index (χ4v) is 4.09. The van der Waals surface area contributed by atoms with Gasteiger partial charge in [-0.3, -0.25) is 0 Å². The van der Waals surface area contributed by atoms with Crippen molar-refractivity contribution in [1.29, 1.82) is 0 Å². The summed E-state index contributed by atoms with van der Waals surface area (Å²) in [7, 11) is 0. The van der Waals surface area contributed by atoms with E-state index in [2.05, 4.69) is 18.7 Å². The van der Waals surface area contributed by atoms with Crippen molar-refractivity contribution in [3.8, 4) is 0 Å². The molecule has 2 saturated heterocycles. The van der Waals surface area contributed by atoms with Gasteiger partial charge in [-0.1, -0.05) is 12.8 Å². The molecule has 0 aromatic carbocycles. The highest BCUT2D eigenvalue weighted by atomic mass is 16.5. The molecule has 3 fully saturated rings. The van der Waals surface area contributed by atoms with Crippen molar-refractivity contribution in [3.05, 3.63) is 0 Å². The van der Waals surface area contributed by atoms with E-state index in [1.165, 1.54) is 64.5 Å². The summed E-state index contributed by atoms with van der Waals surface area (Å²) in [4.78, 5) is 2.78. The Kier molecular flexibility index (Phi) is 3.44. The SMILES string of the molecule is CC1(C)CCC2(CCN(C3CCCC3)CC2)CO1. The molecule has 2 heterocycles. The average Bonchev–Trinajstić information content (AvgIpc) is 2.88. The van der Waals surface area contributed by atoms with Gasteiger partial charge in [-0.15, -0.1) is 0 Å². The Balaban J connectivity index is 1.53. The van der Waals surface area contributed by atoms with Gasteiger partial charge in [-0.05, 0) is 70.9 Å². The van der Waals surface area contributed by atoms with Crippen LogP contribution in [0.1, 0.15) is 65.2 Å². The first kappa shape index (κ1) is 12.9. The Labute approximate surface area is 112 Å². The summed E-state index contributed by atoms with van der Waals surface area (Å²) in [5.41, 5.74) is 0.665. The van der Waals surface area contributed by atoms with Crippen LogP contribution in [0.2, 0.25) is 0 Å². The molecule has 0 aromatic heterocycles. The molecule has 2 heteroatoms. The number of ether oxygens (including phenoxy) is 1. The van der Waals surface area contributed by atoms with E-state index >= 15 is 0 Å². The standard InChI is InChI=1S/C16H29NO/c1-15(2)7-8-16(13-18-15)9-11-17(12-10-16)14-5-3-4-6-14/h14H,3-13H2,1-2H3. The molecule has 1 saturated carbocycles. The number of nitrogens with zero attached hydrogens (tertiary/aromatic N) is 1. The van der Waals surface area contributed by atoms with Crippen molar-refractivity contribution < 1.29 is 4.74 Å². The van der Waals surface area contributed by atoms with E-state index in [1.54, 1.807) is 0 Å². The van der Waals surface area contributed by atoms with Crippen LogP contribution in [0.3, 0.4) is 0 Å². The first-order valence-electron chi connectivity index (χ1n) is 7.97. The number of likely N-dealkylation sites (tertiary alicyclic amines) is 1. The van der Waals surface area contributed by atoms with Gasteiger partial charge in [-0.25, -0.2) is 0 Å². The molecule has 1 aliphatic carbocycles. The zero-order valence-electron chi connectivity index (χ0n) is 12.2. The monoisotopic (exact) mass is 251 g/mol. The molecule has 3 aliphatic rings. The topological polar surface area (TPSA) is 12.5 Å². The molecule has 1 spiro atoms.